The number of amides is 2. The molecule has 5 rings (SSSR count). The number of urea groups is 1. The van der Waals surface area contributed by atoms with Crippen molar-refractivity contribution in [3.05, 3.63) is 42.5 Å². The summed E-state index contributed by atoms with van der Waals surface area (Å²) in [4.78, 5) is 20.2. The number of carbonyl (C=O) groups is 1. The number of aromatic nitrogens is 3. The molecule has 0 unspecified atom stereocenters. The van der Waals surface area contributed by atoms with Crippen molar-refractivity contribution < 1.29 is 18.3 Å². The van der Waals surface area contributed by atoms with Gasteiger partial charge in [0.15, 0.2) is 5.65 Å². The minimum absolute atomic E-state index is 0.0700. The third-order valence-electron chi connectivity index (χ3n) is 5.87. The van der Waals surface area contributed by atoms with E-state index < -0.39 is 18.0 Å². The van der Waals surface area contributed by atoms with Crippen LogP contribution in [0, 0.1) is 5.82 Å². The molecule has 2 amide bonds. The summed E-state index contributed by atoms with van der Waals surface area (Å²) in [5.74, 6) is -0.484. The smallest absolute Gasteiger partial charge is 0.322 e. The van der Waals surface area contributed by atoms with Crippen LogP contribution in [0.25, 0.3) is 16.7 Å². The summed E-state index contributed by atoms with van der Waals surface area (Å²) >= 11 is 0. The van der Waals surface area contributed by atoms with Crippen LogP contribution in [0.1, 0.15) is 13.3 Å². The Morgan fingerprint density at radius 3 is 2.91 bits per heavy atom. The molecule has 2 aromatic heterocycles. The molecule has 1 aromatic carbocycles. The van der Waals surface area contributed by atoms with Crippen LogP contribution in [0.3, 0.4) is 0 Å². The van der Waals surface area contributed by atoms with E-state index in [1.165, 1.54) is 27.8 Å². The molecule has 0 radical (unpaired) electrons. The van der Waals surface area contributed by atoms with Crippen molar-refractivity contribution in [2.24, 2.45) is 0 Å². The van der Waals surface area contributed by atoms with Crippen molar-refractivity contribution in [1.82, 2.24) is 19.7 Å². The Labute approximate surface area is 183 Å². The van der Waals surface area contributed by atoms with Crippen molar-refractivity contribution in [2.75, 3.05) is 43.0 Å². The predicted molar refractivity (Wildman–Crippen MR) is 117 cm³/mol. The number of hydrogen-bond donors (Lipinski definition) is 1. The zero-order chi connectivity index (χ0) is 22.2. The van der Waals surface area contributed by atoms with E-state index in [4.69, 9.17) is 4.74 Å². The minimum Gasteiger partial charge on any atom is -0.375 e. The quantitative estimate of drug-likeness (QED) is 0.671. The maximum Gasteiger partial charge on any atom is 0.322 e. The van der Waals surface area contributed by atoms with E-state index in [0.29, 0.717) is 17.9 Å². The Balaban J connectivity index is 1.39. The number of rotatable bonds is 4. The number of alkyl halides is 1. The molecule has 1 N–H and O–H groups in total. The first-order chi connectivity index (χ1) is 15.5. The molecule has 0 saturated carbocycles. The molecule has 0 aliphatic carbocycles. The summed E-state index contributed by atoms with van der Waals surface area (Å²) in [6.45, 7) is 4.50. The molecule has 0 bridgehead atoms. The number of fused-ring (bicyclic) bond motifs is 1. The average Bonchev–Trinajstić information content (AvgIpc) is 3.21. The highest BCUT2D eigenvalue weighted by Gasteiger charge is 2.30. The van der Waals surface area contributed by atoms with E-state index in [1.807, 2.05) is 6.07 Å². The monoisotopic (exact) mass is 442 g/mol. The number of benzene rings is 1. The first kappa shape index (κ1) is 20.6. The third-order valence-corrected chi connectivity index (χ3v) is 5.87. The van der Waals surface area contributed by atoms with Gasteiger partial charge in [0.25, 0.3) is 0 Å². The van der Waals surface area contributed by atoms with Crippen molar-refractivity contribution in [1.29, 1.82) is 0 Å². The molecule has 10 heteroatoms. The van der Waals surface area contributed by atoms with Gasteiger partial charge >= 0.3 is 6.03 Å². The van der Waals surface area contributed by atoms with Gasteiger partial charge in [-0.2, -0.15) is 0 Å². The van der Waals surface area contributed by atoms with Crippen LogP contribution < -0.4 is 10.2 Å². The molecule has 4 heterocycles. The number of pyridine rings is 1. The molecular weight excluding hydrogens is 418 g/mol. The van der Waals surface area contributed by atoms with Crippen molar-refractivity contribution >= 4 is 28.4 Å². The van der Waals surface area contributed by atoms with Crippen LogP contribution in [-0.2, 0) is 4.74 Å². The fourth-order valence-electron chi connectivity index (χ4n) is 3.96. The summed E-state index contributed by atoms with van der Waals surface area (Å²) in [5.41, 5.74) is 2.06. The first-order valence-electron chi connectivity index (χ1n) is 10.7. The number of carbonyl (C=O) groups excluding carboxylic acids is 1. The number of morpholine rings is 1. The number of likely N-dealkylation sites (tertiary alicyclic amines) is 1. The normalized spacial score (nSPS) is 19.3. The summed E-state index contributed by atoms with van der Waals surface area (Å²) in [6.07, 6.45) is 3.65. The summed E-state index contributed by atoms with van der Waals surface area (Å²) in [5, 5.41) is 7.86. The lowest BCUT2D eigenvalue weighted by atomic mass is 10.2. The van der Waals surface area contributed by atoms with Gasteiger partial charge in [-0.3, -0.25) is 0 Å². The molecular formula is C22H24F2N6O2. The van der Waals surface area contributed by atoms with Gasteiger partial charge in [0.1, 0.15) is 17.7 Å². The average molecular weight is 442 g/mol. The Morgan fingerprint density at radius 1 is 1.28 bits per heavy atom. The van der Waals surface area contributed by atoms with Crippen molar-refractivity contribution in [3.63, 3.8) is 0 Å². The van der Waals surface area contributed by atoms with Gasteiger partial charge in [-0.15, -0.1) is 5.10 Å². The van der Waals surface area contributed by atoms with Gasteiger partial charge in [0.05, 0.1) is 37.7 Å². The van der Waals surface area contributed by atoms with Crippen LogP contribution in [0.2, 0.25) is 0 Å². The second-order valence-electron chi connectivity index (χ2n) is 8.13. The van der Waals surface area contributed by atoms with Crippen LogP contribution in [0.4, 0.5) is 25.0 Å². The van der Waals surface area contributed by atoms with Crippen molar-refractivity contribution in [3.8, 4) is 5.69 Å². The van der Waals surface area contributed by atoms with Gasteiger partial charge in [-0.05, 0) is 30.7 Å². The molecule has 2 aliphatic rings. The predicted octanol–water partition coefficient (Wildman–Crippen LogP) is 3.36. The van der Waals surface area contributed by atoms with Crippen LogP contribution >= 0.6 is 0 Å². The van der Waals surface area contributed by atoms with Crippen LogP contribution in [0.5, 0.6) is 0 Å². The largest absolute Gasteiger partial charge is 0.375 e. The van der Waals surface area contributed by atoms with E-state index in [-0.39, 0.29) is 24.9 Å². The molecule has 8 nitrogen and oxygen atoms in total. The van der Waals surface area contributed by atoms with Gasteiger partial charge < -0.3 is 19.9 Å². The number of nitrogens with zero attached hydrogens (tertiary/aromatic N) is 5. The molecule has 2 fully saturated rings. The van der Waals surface area contributed by atoms with Crippen molar-refractivity contribution in [2.45, 2.75) is 25.6 Å². The zero-order valence-corrected chi connectivity index (χ0v) is 17.7. The van der Waals surface area contributed by atoms with Gasteiger partial charge in [0.2, 0.25) is 0 Å². The maximum atomic E-state index is 14.6. The fraction of sp³-hybridized carbons (Fsp3) is 0.409. The van der Waals surface area contributed by atoms with Gasteiger partial charge in [-0.1, -0.05) is 6.92 Å². The second kappa shape index (κ2) is 8.34. The number of hydrogen-bond acceptors (Lipinski definition) is 5. The molecule has 168 valence electrons. The lowest BCUT2D eigenvalue weighted by molar-refractivity contribution is 0.0384. The second-order valence-corrected chi connectivity index (χ2v) is 8.13. The Morgan fingerprint density at radius 2 is 2.12 bits per heavy atom. The van der Waals surface area contributed by atoms with E-state index in [9.17, 15) is 13.6 Å². The summed E-state index contributed by atoms with van der Waals surface area (Å²) in [7, 11) is 0. The van der Waals surface area contributed by atoms with Gasteiger partial charge in [0, 0.05) is 30.4 Å². The van der Waals surface area contributed by atoms with E-state index in [2.05, 4.69) is 27.2 Å². The molecule has 32 heavy (non-hydrogen) atoms. The molecule has 2 saturated heterocycles. The molecule has 1 atom stereocenters. The molecule has 2 aliphatic heterocycles. The molecule has 0 spiro atoms. The number of halogens is 2. The highest BCUT2D eigenvalue weighted by molar-refractivity contribution is 5.90. The summed E-state index contributed by atoms with van der Waals surface area (Å²) in [6, 6.07) is 5.81. The third kappa shape index (κ3) is 3.97. The maximum absolute atomic E-state index is 14.6. The Kier molecular flexibility index (Phi) is 5.38. The molecule has 3 aromatic rings. The van der Waals surface area contributed by atoms with E-state index >= 15 is 0 Å². The minimum atomic E-state index is -0.983. The first-order valence-corrected chi connectivity index (χ1v) is 10.7. The lowest BCUT2D eigenvalue weighted by Gasteiger charge is -2.34. The fourth-order valence-corrected chi connectivity index (χ4v) is 3.96. The number of nitrogens with one attached hydrogen (secondary N) is 1. The van der Waals surface area contributed by atoms with Crippen LogP contribution in [0.15, 0.2) is 36.7 Å². The highest BCUT2D eigenvalue weighted by Crippen LogP contribution is 2.25. The summed E-state index contributed by atoms with van der Waals surface area (Å²) < 4.78 is 34.7. The highest BCUT2D eigenvalue weighted by atomic mass is 19.1. The number of anilines is 2. The standard InChI is InChI=1S/C22H24F2N6O2/c1-2-18-13-28(5-6-32-18)17-7-14-10-30(27-21(14)25-9-17)20-8-16(3-4-19(20)24)26-22(31)29-11-15(23)12-29/h3-4,7-10,15,18H,2,5-6,11-13H2,1H3,(H,26,31)/t18-/m0/s1. The lowest BCUT2D eigenvalue weighted by Crippen LogP contribution is -2.53. The SMILES string of the molecule is CC[C@H]1CN(c2cnc3nn(-c4cc(NC(=O)N5CC(F)C5)ccc4F)cc3c2)CCO1. The van der Waals surface area contributed by atoms with E-state index in [0.717, 1.165) is 30.6 Å². The Hall–Kier alpha value is -3.27. The van der Waals surface area contributed by atoms with Gasteiger partial charge in [-0.25, -0.2) is 23.2 Å². The van der Waals surface area contributed by atoms with E-state index in [1.54, 1.807) is 12.4 Å². The zero-order valence-electron chi connectivity index (χ0n) is 17.7. The Bertz CT molecular complexity index is 1150. The number of ether oxygens (including phenoxy) is 1. The van der Waals surface area contributed by atoms with Crippen LogP contribution in [-0.4, -0.2) is 70.8 Å². The topological polar surface area (TPSA) is 75.5 Å².